The number of nitrogens with one attached hydrogen (secondary N) is 1. The number of aromatic nitrogens is 2. The summed E-state index contributed by atoms with van der Waals surface area (Å²) in [5.74, 6) is 0.0322. The number of hydrogen-bond acceptors (Lipinski definition) is 5. The second-order valence-corrected chi connectivity index (χ2v) is 3.63. The van der Waals surface area contributed by atoms with E-state index < -0.39 is 5.41 Å². The number of hydrogen-bond donors (Lipinski definition) is 1. The zero-order valence-electron chi connectivity index (χ0n) is 8.28. The van der Waals surface area contributed by atoms with Gasteiger partial charge in [-0.25, -0.2) is 0 Å². The van der Waals surface area contributed by atoms with Crippen LogP contribution < -0.4 is 5.32 Å². The van der Waals surface area contributed by atoms with E-state index in [0.717, 1.165) is 6.42 Å². The van der Waals surface area contributed by atoms with Crippen LogP contribution in [0, 0.1) is 23.7 Å². The molecule has 1 fully saturated rings. The molecule has 0 bridgehead atoms. The minimum atomic E-state index is -0.887. The van der Waals surface area contributed by atoms with Crippen molar-refractivity contribution in [3.63, 3.8) is 0 Å². The van der Waals surface area contributed by atoms with Crippen molar-refractivity contribution in [3.8, 4) is 6.07 Å². The maximum atomic E-state index is 11.7. The van der Waals surface area contributed by atoms with Crippen molar-refractivity contribution >= 4 is 11.9 Å². The van der Waals surface area contributed by atoms with Crippen LogP contribution in [0.5, 0.6) is 0 Å². The van der Waals surface area contributed by atoms with Crippen molar-refractivity contribution in [2.75, 3.05) is 5.32 Å². The Hall–Kier alpha value is -1.90. The van der Waals surface area contributed by atoms with E-state index in [1.165, 1.54) is 0 Å². The first kappa shape index (κ1) is 9.65. The number of carbonyl (C=O) groups is 1. The second-order valence-electron chi connectivity index (χ2n) is 3.63. The average molecular weight is 206 g/mol. The lowest BCUT2D eigenvalue weighted by Crippen LogP contribution is -2.40. The third-order valence-corrected chi connectivity index (χ3v) is 2.60. The van der Waals surface area contributed by atoms with Gasteiger partial charge in [-0.3, -0.25) is 10.1 Å². The highest BCUT2D eigenvalue weighted by Gasteiger charge is 2.45. The molecule has 1 aliphatic rings. The van der Waals surface area contributed by atoms with Gasteiger partial charge < -0.3 is 4.42 Å². The minimum Gasteiger partial charge on any atom is -0.408 e. The van der Waals surface area contributed by atoms with E-state index in [4.69, 9.17) is 9.68 Å². The first-order chi connectivity index (χ1) is 7.16. The lowest BCUT2D eigenvalue weighted by atomic mass is 9.69. The molecule has 0 atom stereocenters. The van der Waals surface area contributed by atoms with Crippen LogP contribution >= 0.6 is 0 Å². The molecule has 1 N–H and O–H groups in total. The Bertz CT molecular complexity index is 428. The maximum absolute atomic E-state index is 11.7. The monoisotopic (exact) mass is 206 g/mol. The molecule has 1 heterocycles. The molecule has 6 heteroatoms. The molecule has 1 aliphatic carbocycles. The second kappa shape index (κ2) is 3.35. The molecule has 2 rings (SSSR count). The van der Waals surface area contributed by atoms with Gasteiger partial charge >= 0.3 is 6.01 Å². The number of nitrogens with zero attached hydrogens (tertiary/aromatic N) is 3. The van der Waals surface area contributed by atoms with Crippen molar-refractivity contribution in [2.24, 2.45) is 5.41 Å². The molecule has 6 nitrogen and oxygen atoms in total. The number of aryl methyl sites for hydroxylation is 1. The third-order valence-electron chi connectivity index (χ3n) is 2.60. The van der Waals surface area contributed by atoms with Gasteiger partial charge in [0.2, 0.25) is 11.8 Å². The summed E-state index contributed by atoms with van der Waals surface area (Å²) >= 11 is 0. The van der Waals surface area contributed by atoms with Crippen molar-refractivity contribution in [1.29, 1.82) is 5.26 Å². The van der Waals surface area contributed by atoms with Crippen molar-refractivity contribution in [2.45, 2.75) is 26.2 Å². The molecule has 0 radical (unpaired) electrons. The summed E-state index contributed by atoms with van der Waals surface area (Å²) in [5, 5.41) is 18.6. The summed E-state index contributed by atoms with van der Waals surface area (Å²) in [5.41, 5.74) is -0.887. The molecule has 1 amide bonds. The van der Waals surface area contributed by atoms with Gasteiger partial charge in [0.25, 0.3) is 0 Å². The fourth-order valence-corrected chi connectivity index (χ4v) is 1.48. The van der Waals surface area contributed by atoms with Gasteiger partial charge in [-0.1, -0.05) is 5.10 Å². The van der Waals surface area contributed by atoms with E-state index in [1.807, 2.05) is 6.07 Å². The largest absolute Gasteiger partial charge is 0.408 e. The van der Waals surface area contributed by atoms with E-state index in [2.05, 4.69) is 15.5 Å². The molecule has 0 aliphatic heterocycles. The number of amides is 1. The molecule has 0 aromatic carbocycles. The summed E-state index contributed by atoms with van der Waals surface area (Å²) in [4.78, 5) is 11.7. The van der Waals surface area contributed by atoms with Crippen LogP contribution in [-0.2, 0) is 4.79 Å². The van der Waals surface area contributed by atoms with Gasteiger partial charge in [0.15, 0.2) is 0 Å². The molecular formula is C9H10N4O2. The van der Waals surface area contributed by atoms with Gasteiger partial charge in [-0.2, -0.15) is 5.26 Å². The smallest absolute Gasteiger partial charge is 0.322 e. The average Bonchev–Trinajstić information content (AvgIpc) is 2.50. The first-order valence-electron chi connectivity index (χ1n) is 4.69. The summed E-state index contributed by atoms with van der Waals surface area (Å²) in [7, 11) is 0. The SMILES string of the molecule is Cc1nnc(NC(=O)C2(C#N)CCC2)o1. The molecule has 1 aromatic heterocycles. The summed E-state index contributed by atoms with van der Waals surface area (Å²) in [6.07, 6.45) is 2.11. The number of nitriles is 1. The molecule has 0 saturated heterocycles. The molecule has 15 heavy (non-hydrogen) atoms. The van der Waals surface area contributed by atoms with Gasteiger partial charge in [0.05, 0.1) is 6.07 Å². The van der Waals surface area contributed by atoms with Crippen molar-refractivity contribution in [3.05, 3.63) is 5.89 Å². The highest BCUT2D eigenvalue weighted by atomic mass is 16.4. The van der Waals surface area contributed by atoms with E-state index in [0.29, 0.717) is 18.7 Å². The Morgan fingerprint density at radius 3 is 2.73 bits per heavy atom. The Labute approximate surface area is 86.3 Å². The minimum absolute atomic E-state index is 0.0547. The van der Waals surface area contributed by atoms with E-state index >= 15 is 0 Å². The van der Waals surface area contributed by atoms with Crippen LogP contribution in [-0.4, -0.2) is 16.1 Å². The highest BCUT2D eigenvalue weighted by molar-refractivity contribution is 5.96. The van der Waals surface area contributed by atoms with Gasteiger partial charge in [-0.15, -0.1) is 5.10 Å². The van der Waals surface area contributed by atoms with E-state index in [1.54, 1.807) is 6.92 Å². The maximum Gasteiger partial charge on any atom is 0.322 e. The third kappa shape index (κ3) is 1.56. The zero-order valence-corrected chi connectivity index (χ0v) is 8.28. The van der Waals surface area contributed by atoms with E-state index in [-0.39, 0.29) is 11.9 Å². The van der Waals surface area contributed by atoms with Crippen LogP contribution in [0.2, 0.25) is 0 Å². The van der Waals surface area contributed by atoms with Crippen LogP contribution in [0.1, 0.15) is 25.2 Å². The van der Waals surface area contributed by atoms with Gasteiger partial charge in [0, 0.05) is 6.92 Å². The summed E-state index contributed by atoms with van der Waals surface area (Å²) in [6.45, 7) is 1.63. The lowest BCUT2D eigenvalue weighted by Gasteiger charge is -2.32. The van der Waals surface area contributed by atoms with Crippen molar-refractivity contribution in [1.82, 2.24) is 10.2 Å². The number of rotatable bonds is 2. The lowest BCUT2D eigenvalue weighted by molar-refractivity contribution is -0.126. The Kier molecular flexibility index (Phi) is 2.15. The first-order valence-corrected chi connectivity index (χ1v) is 4.69. The summed E-state index contributed by atoms with van der Waals surface area (Å²) < 4.78 is 5.00. The highest BCUT2D eigenvalue weighted by Crippen LogP contribution is 2.40. The van der Waals surface area contributed by atoms with Crippen LogP contribution in [0.15, 0.2) is 4.42 Å². The fraction of sp³-hybridized carbons (Fsp3) is 0.556. The molecule has 1 aromatic rings. The van der Waals surface area contributed by atoms with Crippen LogP contribution in [0.3, 0.4) is 0 Å². The number of anilines is 1. The summed E-state index contributed by atoms with van der Waals surface area (Å²) in [6, 6.07) is 2.09. The Balaban J connectivity index is 2.07. The topological polar surface area (TPSA) is 91.8 Å². The molecule has 0 spiro atoms. The van der Waals surface area contributed by atoms with Crippen LogP contribution in [0.25, 0.3) is 0 Å². The standard InChI is InChI=1S/C9H10N4O2/c1-6-12-13-8(15-6)11-7(14)9(5-10)3-2-4-9/h2-4H2,1H3,(H,11,13,14). The molecule has 0 unspecified atom stereocenters. The van der Waals surface area contributed by atoms with Gasteiger partial charge in [-0.05, 0) is 19.3 Å². The Morgan fingerprint density at radius 2 is 2.33 bits per heavy atom. The molecule has 78 valence electrons. The van der Waals surface area contributed by atoms with Crippen molar-refractivity contribution < 1.29 is 9.21 Å². The predicted molar refractivity (Wildman–Crippen MR) is 49.6 cm³/mol. The Morgan fingerprint density at radius 1 is 1.60 bits per heavy atom. The normalized spacial score (nSPS) is 17.6. The quantitative estimate of drug-likeness (QED) is 0.779. The predicted octanol–water partition coefficient (Wildman–Crippen LogP) is 1.01. The molecule has 1 saturated carbocycles. The molecular weight excluding hydrogens is 196 g/mol. The van der Waals surface area contributed by atoms with Crippen LogP contribution in [0.4, 0.5) is 6.01 Å². The fourth-order valence-electron chi connectivity index (χ4n) is 1.48. The zero-order chi connectivity index (χ0) is 10.9. The van der Waals surface area contributed by atoms with Gasteiger partial charge in [0.1, 0.15) is 5.41 Å². The van der Waals surface area contributed by atoms with E-state index in [9.17, 15) is 4.79 Å². The number of carbonyl (C=O) groups excluding carboxylic acids is 1.